The summed E-state index contributed by atoms with van der Waals surface area (Å²) in [6.45, 7) is 3.02. The van der Waals surface area contributed by atoms with Crippen LogP contribution in [0.1, 0.15) is 37.3 Å². The first-order valence-electron chi connectivity index (χ1n) is 8.64. The zero-order valence-corrected chi connectivity index (χ0v) is 14.5. The molecule has 2 nitrogen and oxygen atoms in total. The number of nitrogens with zero attached hydrogens (tertiary/aromatic N) is 1. The third-order valence-corrected chi connectivity index (χ3v) is 5.12. The molecule has 1 heterocycles. The summed E-state index contributed by atoms with van der Waals surface area (Å²) in [7, 11) is 1.95. The lowest BCUT2D eigenvalue weighted by atomic mass is 9.76. The van der Waals surface area contributed by atoms with Crippen molar-refractivity contribution in [1.82, 2.24) is 4.90 Å². The van der Waals surface area contributed by atoms with Gasteiger partial charge >= 0.3 is 0 Å². The summed E-state index contributed by atoms with van der Waals surface area (Å²) < 4.78 is 0. The molecule has 0 radical (unpaired) electrons. The second kappa shape index (κ2) is 6.81. The van der Waals surface area contributed by atoms with E-state index in [-0.39, 0.29) is 0 Å². The maximum atomic E-state index is 10.9. The lowest BCUT2D eigenvalue weighted by Crippen LogP contribution is -2.48. The molecular formula is C22H25NO. The van der Waals surface area contributed by atoms with Crippen LogP contribution in [0.25, 0.3) is 0 Å². The molecule has 1 fully saturated rings. The molecule has 1 saturated heterocycles. The Morgan fingerprint density at radius 1 is 0.958 bits per heavy atom. The average Bonchev–Trinajstić information content (AvgIpc) is 2.64. The van der Waals surface area contributed by atoms with Crippen molar-refractivity contribution in [2.75, 3.05) is 13.6 Å². The van der Waals surface area contributed by atoms with E-state index in [1.165, 1.54) is 0 Å². The van der Waals surface area contributed by atoms with Crippen molar-refractivity contribution in [2.45, 2.75) is 37.3 Å². The molecule has 0 aliphatic carbocycles. The standard InChI is InChI=1S/C22H25NO/c1-21(19-11-5-3-6-12-19,20-13-7-4-8-14-20)16-17-22(24)15-9-10-18-23(22)2/h3-8,11-14,24H,9-10,15,18H2,1-2H3. The molecule has 24 heavy (non-hydrogen) atoms. The average molecular weight is 319 g/mol. The van der Waals surface area contributed by atoms with E-state index in [0.717, 1.165) is 30.5 Å². The van der Waals surface area contributed by atoms with Gasteiger partial charge in [0.25, 0.3) is 0 Å². The number of likely N-dealkylation sites (tertiary alicyclic amines) is 1. The Morgan fingerprint density at radius 3 is 2.00 bits per heavy atom. The highest BCUT2D eigenvalue weighted by molar-refractivity contribution is 5.47. The Hall–Kier alpha value is -2.08. The minimum absolute atomic E-state index is 0.448. The van der Waals surface area contributed by atoms with Crippen LogP contribution < -0.4 is 0 Å². The highest BCUT2D eigenvalue weighted by Gasteiger charge is 2.34. The van der Waals surface area contributed by atoms with Crippen LogP contribution >= 0.6 is 0 Å². The third-order valence-electron chi connectivity index (χ3n) is 5.12. The Balaban J connectivity index is 2.06. The van der Waals surface area contributed by atoms with Crippen LogP contribution in [0.5, 0.6) is 0 Å². The van der Waals surface area contributed by atoms with Gasteiger partial charge in [-0.25, -0.2) is 0 Å². The molecule has 0 aromatic heterocycles. The van der Waals surface area contributed by atoms with Gasteiger partial charge in [-0.1, -0.05) is 72.5 Å². The van der Waals surface area contributed by atoms with E-state index in [1.54, 1.807) is 0 Å². The van der Waals surface area contributed by atoms with E-state index in [1.807, 2.05) is 48.3 Å². The maximum absolute atomic E-state index is 10.9. The van der Waals surface area contributed by atoms with Gasteiger partial charge in [0.2, 0.25) is 0 Å². The van der Waals surface area contributed by atoms with Crippen molar-refractivity contribution in [3.05, 3.63) is 71.8 Å². The van der Waals surface area contributed by atoms with Crippen LogP contribution in [-0.4, -0.2) is 29.3 Å². The highest BCUT2D eigenvalue weighted by Crippen LogP contribution is 2.32. The molecule has 1 N–H and O–H groups in total. The fourth-order valence-electron chi connectivity index (χ4n) is 3.33. The summed E-state index contributed by atoms with van der Waals surface area (Å²) >= 11 is 0. The fourth-order valence-corrected chi connectivity index (χ4v) is 3.33. The summed E-state index contributed by atoms with van der Waals surface area (Å²) in [5, 5.41) is 10.9. The largest absolute Gasteiger partial charge is 0.365 e. The van der Waals surface area contributed by atoms with Crippen LogP contribution in [0.3, 0.4) is 0 Å². The van der Waals surface area contributed by atoms with Gasteiger partial charge in [-0.05, 0) is 37.9 Å². The van der Waals surface area contributed by atoms with Crippen molar-refractivity contribution in [3.63, 3.8) is 0 Å². The highest BCUT2D eigenvalue weighted by atomic mass is 16.3. The summed E-state index contributed by atoms with van der Waals surface area (Å²) in [5.74, 6) is 6.64. The molecule has 1 aliphatic rings. The number of piperidine rings is 1. The van der Waals surface area contributed by atoms with Gasteiger partial charge in [-0.3, -0.25) is 4.90 Å². The first kappa shape index (κ1) is 16.8. The van der Waals surface area contributed by atoms with Gasteiger partial charge in [0.1, 0.15) is 0 Å². The van der Waals surface area contributed by atoms with Gasteiger partial charge in [-0.2, -0.15) is 0 Å². The van der Waals surface area contributed by atoms with Crippen LogP contribution in [-0.2, 0) is 5.41 Å². The molecule has 2 aromatic carbocycles. The van der Waals surface area contributed by atoms with Gasteiger partial charge in [0.05, 0.1) is 5.41 Å². The lowest BCUT2D eigenvalue weighted by Gasteiger charge is -2.37. The summed E-state index contributed by atoms with van der Waals surface area (Å²) in [6.07, 6.45) is 2.84. The molecule has 1 aliphatic heterocycles. The monoisotopic (exact) mass is 319 g/mol. The minimum Gasteiger partial charge on any atom is -0.365 e. The topological polar surface area (TPSA) is 23.5 Å². The SMILES string of the molecule is CN1CCCCC1(O)C#CC(C)(c1ccccc1)c1ccccc1. The van der Waals surface area contributed by atoms with Crippen molar-refractivity contribution in [3.8, 4) is 11.8 Å². The molecule has 2 heteroatoms. The van der Waals surface area contributed by atoms with Gasteiger partial charge in [-0.15, -0.1) is 0 Å². The van der Waals surface area contributed by atoms with Gasteiger partial charge in [0, 0.05) is 13.0 Å². The van der Waals surface area contributed by atoms with E-state index in [9.17, 15) is 5.11 Å². The van der Waals surface area contributed by atoms with E-state index in [2.05, 4.69) is 43.0 Å². The first-order valence-corrected chi connectivity index (χ1v) is 8.64. The molecule has 0 spiro atoms. The molecule has 1 unspecified atom stereocenters. The molecule has 0 bridgehead atoms. The number of hydrogen-bond donors (Lipinski definition) is 1. The predicted octanol–water partition coefficient (Wildman–Crippen LogP) is 3.80. The van der Waals surface area contributed by atoms with Crippen LogP contribution in [0.15, 0.2) is 60.7 Å². The first-order chi connectivity index (χ1) is 11.5. The normalized spacial score (nSPS) is 21.8. The van der Waals surface area contributed by atoms with Gasteiger partial charge < -0.3 is 5.11 Å². The van der Waals surface area contributed by atoms with Crippen molar-refractivity contribution in [2.24, 2.45) is 0 Å². The van der Waals surface area contributed by atoms with E-state index in [4.69, 9.17) is 0 Å². The summed E-state index contributed by atoms with van der Waals surface area (Å²) in [4.78, 5) is 1.97. The van der Waals surface area contributed by atoms with Crippen LogP contribution in [0.4, 0.5) is 0 Å². The molecule has 3 rings (SSSR count). The van der Waals surface area contributed by atoms with Crippen molar-refractivity contribution >= 4 is 0 Å². The van der Waals surface area contributed by atoms with Crippen molar-refractivity contribution in [1.29, 1.82) is 0 Å². The summed E-state index contributed by atoms with van der Waals surface area (Å²) in [5.41, 5.74) is 0.816. The predicted molar refractivity (Wildman–Crippen MR) is 98.5 cm³/mol. The number of rotatable bonds is 2. The van der Waals surface area contributed by atoms with Crippen LogP contribution in [0, 0.1) is 11.8 Å². The Labute approximate surface area is 145 Å². The quantitative estimate of drug-likeness (QED) is 0.851. The molecule has 0 saturated carbocycles. The van der Waals surface area contributed by atoms with Gasteiger partial charge in [0.15, 0.2) is 5.72 Å². The maximum Gasteiger partial charge on any atom is 0.181 e. The zero-order chi connectivity index (χ0) is 17.0. The summed E-state index contributed by atoms with van der Waals surface area (Å²) in [6, 6.07) is 20.6. The van der Waals surface area contributed by atoms with E-state index in [0.29, 0.717) is 6.42 Å². The second-order valence-corrected chi connectivity index (χ2v) is 6.80. The minimum atomic E-state index is -1.02. The smallest absolute Gasteiger partial charge is 0.181 e. The van der Waals surface area contributed by atoms with Crippen molar-refractivity contribution < 1.29 is 5.11 Å². The lowest BCUT2D eigenvalue weighted by molar-refractivity contribution is -0.0695. The molecule has 1 atom stereocenters. The van der Waals surface area contributed by atoms with E-state index < -0.39 is 11.1 Å². The Kier molecular flexibility index (Phi) is 4.76. The number of aliphatic hydroxyl groups is 1. The molecule has 0 amide bonds. The molecule has 124 valence electrons. The molecule has 2 aromatic rings. The fraction of sp³-hybridized carbons (Fsp3) is 0.364. The second-order valence-electron chi connectivity index (χ2n) is 6.80. The van der Waals surface area contributed by atoms with Crippen LogP contribution in [0.2, 0.25) is 0 Å². The zero-order valence-electron chi connectivity index (χ0n) is 14.5. The number of hydrogen-bond acceptors (Lipinski definition) is 2. The Bertz CT molecular complexity index is 689. The Morgan fingerprint density at radius 2 is 1.50 bits per heavy atom. The molecular weight excluding hydrogens is 294 g/mol. The van der Waals surface area contributed by atoms with E-state index >= 15 is 0 Å². The third kappa shape index (κ3) is 3.24. The number of benzene rings is 2.